The first-order valence-electron chi connectivity index (χ1n) is 28.2. The van der Waals surface area contributed by atoms with Crippen LogP contribution in [0.1, 0.15) is 124 Å². The van der Waals surface area contributed by atoms with E-state index in [-0.39, 0.29) is 27.1 Å². The second-order valence-electron chi connectivity index (χ2n) is 27.1. The normalized spacial score (nSPS) is 15.8. The Kier molecular flexibility index (Phi) is 10.8. The molecule has 77 heavy (non-hydrogen) atoms. The van der Waals surface area contributed by atoms with Crippen molar-refractivity contribution in [2.75, 3.05) is 0 Å². The van der Waals surface area contributed by atoms with Crippen molar-refractivity contribution in [2.45, 2.75) is 124 Å². The molecule has 0 fully saturated rings. The van der Waals surface area contributed by atoms with Crippen molar-refractivity contribution in [3.8, 4) is 89.0 Å². The van der Waals surface area contributed by atoms with Crippen molar-refractivity contribution in [3.63, 3.8) is 0 Å². The van der Waals surface area contributed by atoms with Gasteiger partial charge in [0.25, 0.3) is 0 Å². The van der Waals surface area contributed by atoms with E-state index in [0.29, 0.717) is 0 Å². The molecule has 0 nitrogen and oxygen atoms in total. The predicted molar refractivity (Wildman–Crippen MR) is 335 cm³/mol. The highest BCUT2D eigenvalue weighted by atomic mass is 14.4. The maximum atomic E-state index is 2.54. The summed E-state index contributed by atoms with van der Waals surface area (Å²) >= 11 is 0. The minimum Gasteiger partial charge on any atom is -0.0834 e. The summed E-state index contributed by atoms with van der Waals surface area (Å²) in [7, 11) is 0. The molecular formula is C77H72. The fourth-order valence-electron chi connectivity index (χ4n) is 13.4. The molecule has 1 unspecified atom stereocenters. The van der Waals surface area contributed by atoms with E-state index in [4.69, 9.17) is 0 Å². The fraction of sp³-hybridized carbons (Fsp3) is 0.247. The molecule has 0 heterocycles. The van der Waals surface area contributed by atoms with Crippen LogP contribution in [-0.4, -0.2) is 0 Å². The van der Waals surface area contributed by atoms with Crippen molar-refractivity contribution >= 4 is 32.3 Å². The second kappa shape index (κ2) is 17.0. The minimum atomic E-state index is -0.260. The van der Waals surface area contributed by atoms with E-state index in [1.165, 1.54) is 149 Å². The number of allylic oxidation sites excluding steroid dienone is 4. The summed E-state index contributed by atoms with van der Waals surface area (Å²) in [6.07, 6.45) is 10.3. The molecule has 10 aromatic carbocycles. The van der Waals surface area contributed by atoms with Crippen LogP contribution in [0.25, 0.3) is 121 Å². The second-order valence-corrected chi connectivity index (χ2v) is 27.1. The van der Waals surface area contributed by atoms with Gasteiger partial charge in [0, 0.05) is 5.41 Å². The molecule has 13 rings (SSSR count). The van der Waals surface area contributed by atoms with Crippen molar-refractivity contribution in [1.82, 2.24) is 0 Å². The van der Waals surface area contributed by atoms with Gasteiger partial charge in [-0.05, 0) is 183 Å². The molecule has 0 aliphatic heterocycles. The largest absolute Gasteiger partial charge is 0.0834 e. The van der Waals surface area contributed by atoms with Crippen LogP contribution in [0.4, 0.5) is 0 Å². The monoisotopic (exact) mass is 997 g/mol. The van der Waals surface area contributed by atoms with Gasteiger partial charge < -0.3 is 0 Å². The van der Waals surface area contributed by atoms with Crippen LogP contribution in [0, 0.1) is 0 Å². The lowest BCUT2D eigenvalue weighted by Gasteiger charge is -2.33. The number of hydrogen-bond donors (Lipinski definition) is 0. The summed E-state index contributed by atoms with van der Waals surface area (Å²) in [5.41, 5.74) is 27.5. The molecule has 1 atom stereocenters. The number of fused-ring (bicyclic) bond motifs is 8. The molecule has 0 amide bonds. The highest BCUT2D eigenvalue weighted by molar-refractivity contribution is 6.34. The van der Waals surface area contributed by atoms with Gasteiger partial charge in [0.2, 0.25) is 0 Å². The topological polar surface area (TPSA) is 0 Å². The van der Waals surface area contributed by atoms with Gasteiger partial charge in [0.05, 0.1) is 0 Å². The number of benzene rings is 10. The van der Waals surface area contributed by atoms with Gasteiger partial charge in [-0.3, -0.25) is 0 Å². The Labute approximate surface area is 458 Å². The fourth-order valence-corrected chi connectivity index (χ4v) is 13.4. The summed E-state index contributed by atoms with van der Waals surface area (Å²) in [4.78, 5) is 0. The predicted octanol–water partition coefficient (Wildman–Crippen LogP) is 22.1. The van der Waals surface area contributed by atoms with E-state index in [9.17, 15) is 0 Å². The molecule has 3 aliphatic carbocycles. The van der Waals surface area contributed by atoms with Gasteiger partial charge in [-0.25, -0.2) is 0 Å². The molecule has 380 valence electrons. The zero-order valence-electron chi connectivity index (χ0n) is 47.6. The van der Waals surface area contributed by atoms with Crippen molar-refractivity contribution in [1.29, 1.82) is 0 Å². The molecule has 0 aromatic heterocycles. The zero-order valence-corrected chi connectivity index (χ0v) is 47.6. The van der Waals surface area contributed by atoms with E-state index >= 15 is 0 Å². The Morgan fingerprint density at radius 1 is 0.312 bits per heavy atom. The highest BCUT2D eigenvalue weighted by Crippen LogP contribution is 2.65. The molecule has 0 saturated carbocycles. The smallest absolute Gasteiger partial charge is 0.0154 e. The maximum absolute atomic E-state index is 2.54. The molecule has 0 bridgehead atoms. The molecular weight excluding hydrogens is 925 g/mol. The summed E-state index contributed by atoms with van der Waals surface area (Å²) in [5.74, 6) is 0. The number of rotatable bonds is 5. The van der Waals surface area contributed by atoms with Crippen LogP contribution in [0.3, 0.4) is 0 Å². The van der Waals surface area contributed by atoms with Gasteiger partial charge in [0.1, 0.15) is 0 Å². The van der Waals surface area contributed by atoms with E-state index < -0.39 is 0 Å². The molecule has 3 aliphatic rings. The lowest BCUT2D eigenvalue weighted by atomic mass is 9.70. The summed E-state index contributed by atoms with van der Waals surface area (Å²) < 4.78 is 0. The molecule has 0 heteroatoms. The zero-order chi connectivity index (χ0) is 53.7. The lowest BCUT2D eigenvalue weighted by Crippen LogP contribution is -2.21. The van der Waals surface area contributed by atoms with Gasteiger partial charge in [-0.1, -0.05) is 272 Å². The van der Waals surface area contributed by atoms with E-state index in [1.54, 1.807) is 0 Å². The summed E-state index contributed by atoms with van der Waals surface area (Å²) in [5, 5.41) is 7.97. The number of hydrogen-bond acceptors (Lipinski definition) is 0. The first kappa shape index (κ1) is 49.1. The molecule has 0 N–H and O–H groups in total. The van der Waals surface area contributed by atoms with Crippen molar-refractivity contribution in [2.24, 2.45) is 0 Å². The highest BCUT2D eigenvalue weighted by Gasteiger charge is 2.41. The van der Waals surface area contributed by atoms with Crippen LogP contribution in [-0.2, 0) is 27.1 Å². The Balaban J connectivity index is 1.21. The van der Waals surface area contributed by atoms with E-state index in [1.807, 2.05) is 0 Å². The van der Waals surface area contributed by atoms with Gasteiger partial charge in [-0.2, -0.15) is 0 Å². The SMILES string of the molecule is CC(C)(C)c1cc(-c2c3c(c(-c4cc(C(C)(C)C)cc(C(C)(C)C)c4)c4ccccc24)-c2ccc4c5c(ccc-3c25)-c2c-4c(C3(C)C=CC=CC3)c3cc(-c4ccccc4)ccc3c2-c2ccccc2)cc(C(C)(C)C)c1. The molecule has 0 radical (unpaired) electrons. The van der Waals surface area contributed by atoms with Crippen LogP contribution in [0.15, 0.2) is 188 Å². The minimum absolute atomic E-state index is 0.0531. The Morgan fingerprint density at radius 2 is 0.701 bits per heavy atom. The molecule has 0 spiro atoms. The van der Waals surface area contributed by atoms with E-state index in [0.717, 1.165) is 6.42 Å². The average molecular weight is 997 g/mol. The quantitative estimate of drug-likeness (QED) is 0.161. The van der Waals surface area contributed by atoms with Crippen molar-refractivity contribution in [3.05, 3.63) is 216 Å². The van der Waals surface area contributed by atoms with Gasteiger partial charge >= 0.3 is 0 Å². The molecule has 10 aromatic rings. The average Bonchev–Trinajstić information content (AvgIpc) is 3.81. The van der Waals surface area contributed by atoms with Gasteiger partial charge in [-0.15, -0.1) is 0 Å². The van der Waals surface area contributed by atoms with Crippen LogP contribution >= 0.6 is 0 Å². The first-order valence-corrected chi connectivity index (χ1v) is 28.2. The molecule has 0 saturated heterocycles. The van der Waals surface area contributed by atoms with Gasteiger partial charge in [0.15, 0.2) is 0 Å². The Morgan fingerprint density at radius 3 is 1.13 bits per heavy atom. The standard InChI is InChI=1S/C77H72/c1-73(2,3)51-39-49(40-52(44-51)74(4,5)6)64-55-29-21-22-30-56(55)65(50-41-53(75(7,8)9)45-54(42-50)76(10,11)12)69-59-35-36-61-67-60(34-33-58(66(59)67)68(64)69)70-63(47-27-19-15-20-28-47)57-32-31-48(46-25-17-14-18-26-46)43-62(57)72(71(61)70)77(13)37-23-16-24-38-77/h14-37,39-45H,38H2,1-13H3. The first-order chi connectivity index (χ1) is 36.6. The van der Waals surface area contributed by atoms with Crippen LogP contribution in [0.2, 0.25) is 0 Å². The summed E-state index contributed by atoms with van der Waals surface area (Å²) in [6, 6.07) is 64.1. The van der Waals surface area contributed by atoms with Crippen LogP contribution < -0.4 is 0 Å². The third-order valence-electron chi connectivity index (χ3n) is 17.7. The summed E-state index contributed by atoms with van der Waals surface area (Å²) in [6.45, 7) is 30.9. The maximum Gasteiger partial charge on any atom is 0.0154 e. The van der Waals surface area contributed by atoms with Crippen molar-refractivity contribution < 1.29 is 0 Å². The van der Waals surface area contributed by atoms with E-state index in [2.05, 4.69) is 278 Å². The third kappa shape index (κ3) is 7.68. The Bertz CT molecular complexity index is 3990. The van der Waals surface area contributed by atoms with Crippen LogP contribution in [0.5, 0.6) is 0 Å². The third-order valence-corrected chi connectivity index (χ3v) is 17.7. The lowest BCUT2D eigenvalue weighted by molar-refractivity contribution is 0.568. The Hall–Kier alpha value is -7.54.